The fourth-order valence-electron chi connectivity index (χ4n) is 4.73. The van der Waals surface area contributed by atoms with E-state index >= 15 is 0 Å². The Hall–Kier alpha value is 0.0169. The van der Waals surface area contributed by atoms with Gasteiger partial charge in [-0.3, -0.25) is 0 Å². The minimum absolute atomic E-state index is 0.00894. The Bertz CT molecular complexity index is 444. The number of rotatable bonds is 2. The number of ether oxygens (including phenoxy) is 3. The summed E-state index contributed by atoms with van der Waals surface area (Å²) in [5.74, 6) is -0.396. The number of fused-ring (bicyclic) bond motifs is 4. The summed E-state index contributed by atoms with van der Waals surface area (Å²) < 4.78 is 24.9. The van der Waals surface area contributed by atoms with Crippen LogP contribution in [0.25, 0.3) is 0 Å². The Kier molecular flexibility index (Phi) is 3.54. The van der Waals surface area contributed by atoms with Crippen molar-refractivity contribution in [1.82, 2.24) is 0 Å². The van der Waals surface area contributed by atoms with Gasteiger partial charge in [0.05, 0.1) is 12.2 Å². The van der Waals surface area contributed by atoms with Crippen molar-refractivity contribution in [3.63, 3.8) is 0 Å². The van der Waals surface area contributed by atoms with Crippen molar-refractivity contribution in [2.75, 3.05) is 0 Å². The van der Waals surface area contributed by atoms with Crippen molar-refractivity contribution in [3.8, 4) is 0 Å². The second kappa shape index (κ2) is 5.01. The van der Waals surface area contributed by atoms with Gasteiger partial charge < -0.3 is 23.7 Å². The molecular formula is C16H28O5Si. The molecule has 2 bridgehead atoms. The molecule has 0 radical (unpaired) electrons. The van der Waals surface area contributed by atoms with Gasteiger partial charge in [-0.2, -0.15) is 0 Å². The second-order valence-electron chi connectivity index (χ2n) is 8.42. The predicted octanol–water partition coefficient (Wildman–Crippen LogP) is 2.53. The molecule has 4 rings (SSSR count). The highest BCUT2D eigenvalue weighted by atomic mass is 28.4. The average molecular weight is 328 g/mol. The normalized spacial score (nSPS) is 46.9. The van der Waals surface area contributed by atoms with E-state index in [1.54, 1.807) is 0 Å². The highest BCUT2D eigenvalue weighted by Gasteiger charge is 2.64. The lowest BCUT2D eigenvalue weighted by Gasteiger charge is -2.41. The third-order valence-corrected chi connectivity index (χ3v) is 6.44. The van der Waals surface area contributed by atoms with E-state index in [9.17, 15) is 5.11 Å². The topological polar surface area (TPSA) is 57.2 Å². The van der Waals surface area contributed by atoms with E-state index in [1.807, 2.05) is 0 Å². The summed E-state index contributed by atoms with van der Waals surface area (Å²) in [6.07, 6.45) is 5.96. The molecule has 0 aromatic heterocycles. The largest absolute Gasteiger partial charge is 0.407 e. The monoisotopic (exact) mass is 328 g/mol. The average Bonchev–Trinajstić information content (AvgIpc) is 2.87. The summed E-state index contributed by atoms with van der Waals surface area (Å²) in [7, 11) is -1.78. The van der Waals surface area contributed by atoms with Crippen molar-refractivity contribution in [2.24, 2.45) is 0 Å². The van der Waals surface area contributed by atoms with Gasteiger partial charge in [-0.05, 0) is 32.5 Å². The van der Waals surface area contributed by atoms with Crippen LogP contribution in [0, 0.1) is 0 Å². The van der Waals surface area contributed by atoms with Gasteiger partial charge in [0.15, 0.2) is 20.4 Å². The Balaban J connectivity index is 1.56. The van der Waals surface area contributed by atoms with Crippen molar-refractivity contribution in [2.45, 2.75) is 101 Å². The minimum atomic E-state index is -1.78. The Morgan fingerprint density at radius 3 is 2.36 bits per heavy atom. The summed E-state index contributed by atoms with van der Waals surface area (Å²) in [4.78, 5) is 0. The lowest BCUT2D eigenvalue weighted by molar-refractivity contribution is -0.219. The summed E-state index contributed by atoms with van der Waals surface area (Å²) >= 11 is 0. The first-order chi connectivity index (χ1) is 10.3. The molecule has 2 aliphatic heterocycles. The van der Waals surface area contributed by atoms with Crippen molar-refractivity contribution >= 4 is 8.32 Å². The Morgan fingerprint density at radius 2 is 1.68 bits per heavy atom. The van der Waals surface area contributed by atoms with Crippen LogP contribution in [0.5, 0.6) is 0 Å². The number of aliphatic hydroxyl groups excluding tert-OH is 1. The molecule has 2 saturated carbocycles. The van der Waals surface area contributed by atoms with Crippen molar-refractivity contribution in [1.29, 1.82) is 0 Å². The van der Waals surface area contributed by atoms with Gasteiger partial charge in [0.2, 0.25) is 0 Å². The van der Waals surface area contributed by atoms with E-state index in [0.717, 1.165) is 19.3 Å². The Labute approximate surface area is 133 Å². The van der Waals surface area contributed by atoms with Crippen LogP contribution in [-0.4, -0.2) is 49.4 Å². The highest BCUT2D eigenvalue weighted by molar-refractivity contribution is 6.69. The van der Waals surface area contributed by atoms with Crippen LogP contribution >= 0.6 is 0 Å². The fourth-order valence-corrected chi connectivity index (χ4v) is 6.22. The van der Waals surface area contributed by atoms with Crippen LogP contribution in [0.2, 0.25) is 19.6 Å². The van der Waals surface area contributed by atoms with Gasteiger partial charge >= 0.3 is 0 Å². The zero-order chi connectivity index (χ0) is 15.6. The van der Waals surface area contributed by atoms with Gasteiger partial charge in [0.1, 0.15) is 11.7 Å². The predicted molar refractivity (Wildman–Crippen MR) is 82.8 cm³/mol. The molecule has 0 aromatic carbocycles. The minimum Gasteiger partial charge on any atom is -0.407 e. The maximum Gasteiger partial charge on any atom is 0.184 e. The smallest absolute Gasteiger partial charge is 0.184 e. The third kappa shape index (κ3) is 2.48. The first kappa shape index (κ1) is 15.5. The lowest BCUT2D eigenvalue weighted by Crippen LogP contribution is -2.54. The van der Waals surface area contributed by atoms with Crippen LogP contribution in [0.4, 0.5) is 0 Å². The van der Waals surface area contributed by atoms with Gasteiger partial charge in [0.25, 0.3) is 0 Å². The van der Waals surface area contributed by atoms with E-state index in [4.69, 9.17) is 18.6 Å². The molecule has 22 heavy (non-hydrogen) atoms. The zero-order valence-corrected chi connectivity index (χ0v) is 14.8. The van der Waals surface area contributed by atoms with Gasteiger partial charge in [-0.1, -0.05) is 6.42 Å². The van der Waals surface area contributed by atoms with Crippen molar-refractivity contribution in [3.05, 3.63) is 0 Å². The zero-order valence-electron chi connectivity index (χ0n) is 13.8. The molecule has 1 spiro atoms. The molecule has 4 fully saturated rings. The van der Waals surface area contributed by atoms with Crippen LogP contribution in [-0.2, 0) is 18.6 Å². The van der Waals surface area contributed by atoms with E-state index in [0.29, 0.717) is 6.42 Å². The molecule has 1 N–H and O–H groups in total. The maximum atomic E-state index is 10.4. The molecule has 126 valence electrons. The molecular weight excluding hydrogens is 300 g/mol. The van der Waals surface area contributed by atoms with Crippen LogP contribution < -0.4 is 0 Å². The van der Waals surface area contributed by atoms with E-state index < -0.39 is 26.0 Å². The molecule has 5 atom stereocenters. The van der Waals surface area contributed by atoms with Crippen LogP contribution in [0.1, 0.15) is 44.9 Å². The van der Waals surface area contributed by atoms with Crippen LogP contribution in [0.3, 0.4) is 0 Å². The van der Waals surface area contributed by atoms with Crippen LogP contribution in [0.15, 0.2) is 0 Å². The molecule has 2 saturated heterocycles. The first-order valence-corrected chi connectivity index (χ1v) is 12.1. The van der Waals surface area contributed by atoms with Crippen molar-refractivity contribution < 1.29 is 23.7 Å². The fraction of sp³-hybridized carbons (Fsp3) is 1.00. The summed E-state index contributed by atoms with van der Waals surface area (Å²) in [5, 5.41) is 10.4. The quantitative estimate of drug-likeness (QED) is 0.790. The molecule has 2 heterocycles. The maximum absolute atomic E-state index is 10.4. The van der Waals surface area contributed by atoms with Gasteiger partial charge in [0, 0.05) is 25.7 Å². The van der Waals surface area contributed by atoms with Gasteiger partial charge in [-0.15, -0.1) is 0 Å². The van der Waals surface area contributed by atoms with E-state index in [-0.39, 0.29) is 18.3 Å². The summed E-state index contributed by atoms with van der Waals surface area (Å²) in [6.45, 7) is 6.47. The van der Waals surface area contributed by atoms with E-state index in [2.05, 4.69) is 19.6 Å². The first-order valence-electron chi connectivity index (χ1n) is 8.70. The molecule has 2 unspecified atom stereocenters. The highest BCUT2D eigenvalue weighted by Crippen LogP contribution is 2.52. The molecule has 6 heteroatoms. The molecule has 2 aliphatic carbocycles. The number of aliphatic hydroxyl groups is 1. The van der Waals surface area contributed by atoms with E-state index in [1.165, 1.54) is 19.3 Å². The summed E-state index contributed by atoms with van der Waals surface area (Å²) in [6, 6.07) is 0. The summed E-state index contributed by atoms with van der Waals surface area (Å²) in [5.41, 5.74) is -0.597. The molecule has 5 nitrogen and oxygen atoms in total. The van der Waals surface area contributed by atoms with Gasteiger partial charge in [-0.25, -0.2) is 0 Å². The number of hydrogen-bond donors (Lipinski definition) is 1. The molecule has 0 amide bonds. The number of hydrogen-bond acceptors (Lipinski definition) is 5. The molecule has 4 aliphatic rings. The lowest BCUT2D eigenvalue weighted by atomic mass is 9.82. The Morgan fingerprint density at radius 1 is 1.00 bits per heavy atom. The molecule has 0 aromatic rings. The SMILES string of the molecule is C[Si](C)(C)O[C@@]12C[C@@H](OC1O)C1OC3(CCCCC3)O[C@@H]1C2. The standard InChI is InChI=1S/C16H28O5Si/c1-22(2,3)21-15-9-11(18-14(15)17)13-12(10-15)19-16(20-13)7-5-4-6-8-16/h11-14,17H,4-10H2,1-3H3/t11-,12-,13?,14?,15-/m1/s1. The third-order valence-electron chi connectivity index (χ3n) is 5.42. The second-order valence-corrected chi connectivity index (χ2v) is 12.9.